The van der Waals surface area contributed by atoms with Crippen molar-refractivity contribution in [3.63, 3.8) is 0 Å². The Bertz CT molecular complexity index is 218. The average Bonchev–Trinajstić information content (AvgIpc) is 2.02. The molecule has 0 aliphatic heterocycles. The van der Waals surface area contributed by atoms with E-state index >= 15 is 0 Å². The molecular weight excluding hydrogens is 188 g/mol. The maximum absolute atomic E-state index is 10.6. The molecule has 2 N–H and O–H groups in total. The van der Waals surface area contributed by atoms with Gasteiger partial charge in [0.1, 0.15) is 0 Å². The maximum atomic E-state index is 10.6. The SMILES string of the molecule is CCC(O)(O)OOS(=O)(=O)CC. The Balaban J connectivity index is 4.00. The van der Waals surface area contributed by atoms with Crippen LogP contribution in [0.3, 0.4) is 0 Å². The van der Waals surface area contributed by atoms with E-state index in [1.54, 1.807) is 0 Å². The summed E-state index contributed by atoms with van der Waals surface area (Å²) in [5.41, 5.74) is 0. The van der Waals surface area contributed by atoms with Crippen LogP contribution in [0.2, 0.25) is 0 Å². The van der Waals surface area contributed by atoms with Gasteiger partial charge in [0.25, 0.3) is 10.1 Å². The van der Waals surface area contributed by atoms with Crippen LogP contribution >= 0.6 is 0 Å². The summed E-state index contributed by atoms with van der Waals surface area (Å²) in [6, 6.07) is 0. The molecule has 0 spiro atoms. The number of rotatable bonds is 5. The van der Waals surface area contributed by atoms with E-state index in [1.807, 2.05) is 0 Å². The second-order valence-electron chi connectivity index (χ2n) is 2.09. The molecular formula is C5H12O6S. The zero-order valence-corrected chi connectivity index (χ0v) is 7.67. The van der Waals surface area contributed by atoms with Crippen molar-refractivity contribution in [3.8, 4) is 0 Å². The highest BCUT2D eigenvalue weighted by Gasteiger charge is 2.25. The molecule has 0 radical (unpaired) electrons. The summed E-state index contributed by atoms with van der Waals surface area (Å²) in [6.07, 6.45) is -0.202. The summed E-state index contributed by atoms with van der Waals surface area (Å²) in [5.74, 6) is -2.85. The molecule has 0 saturated heterocycles. The minimum Gasteiger partial charge on any atom is -0.342 e. The van der Waals surface area contributed by atoms with Gasteiger partial charge in [-0.1, -0.05) is 6.92 Å². The lowest BCUT2D eigenvalue weighted by Crippen LogP contribution is -2.32. The van der Waals surface area contributed by atoms with E-state index < -0.39 is 16.1 Å². The highest BCUT2D eigenvalue weighted by atomic mass is 32.2. The molecule has 0 fully saturated rings. The van der Waals surface area contributed by atoms with Crippen molar-refractivity contribution in [2.45, 2.75) is 26.2 Å². The van der Waals surface area contributed by atoms with Crippen molar-refractivity contribution in [3.05, 3.63) is 0 Å². The Kier molecular flexibility index (Phi) is 4.08. The van der Waals surface area contributed by atoms with Gasteiger partial charge in [-0.05, 0) is 6.92 Å². The second kappa shape index (κ2) is 4.15. The Morgan fingerprint density at radius 1 is 1.33 bits per heavy atom. The summed E-state index contributed by atoms with van der Waals surface area (Å²) in [4.78, 5) is 3.86. The smallest absolute Gasteiger partial charge is 0.308 e. The summed E-state index contributed by atoms with van der Waals surface area (Å²) >= 11 is 0. The minimum absolute atomic E-state index is 0.202. The van der Waals surface area contributed by atoms with Crippen LogP contribution in [0.25, 0.3) is 0 Å². The molecule has 0 saturated carbocycles. The molecule has 0 aromatic rings. The van der Waals surface area contributed by atoms with Crippen molar-refractivity contribution < 1.29 is 27.9 Å². The first-order valence-electron chi connectivity index (χ1n) is 3.37. The van der Waals surface area contributed by atoms with Gasteiger partial charge >= 0.3 is 5.97 Å². The lowest BCUT2D eigenvalue weighted by atomic mass is 10.4. The van der Waals surface area contributed by atoms with Gasteiger partial charge < -0.3 is 10.2 Å². The Hall–Kier alpha value is -0.210. The zero-order valence-electron chi connectivity index (χ0n) is 6.85. The number of hydrogen-bond acceptors (Lipinski definition) is 6. The third-order valence-corrected chi connectivity index (χ3v) is 2.07. The van der Waals surface area contributed by atoms with E-state index in [4.69, 9.17) is 10.2 Å². The zero-order chi connectivity index (χ0) is 9.83. The van der Waals surface area contributed by atoms with E-state index in [1.165, 1.54) is 13.8 Å². The molecule has 74 valence electrons. The normalized spacial score (nSPS) is 13.3. The summed E-state index contributed by atoms with van der Waals surface area (Å²) in [7, 11) is -3.80. The fraction of sp³-hybridized carbons (Fsp3) is 1.00. The molecule has 7 heteroatoms. The Morgan fingerprint density at radius 2 is 1.83 bits per heavy atom. The van der Waals surface area contributed by atoms with Crippen LogP contribution in [0.1, 0.15) is 20.3 Å². The summed E-state index contributed by atoms with van der Waals surface area (Å²) in [5, 5.41) is 17.5. The highest BCUT2D eigenvalue weighted by molar-refractivity contribution is 7.86. The topological polar surface area (TPSA) is 93.1 Å². The van der Waals surface area contributed by atoms with Crippen molar-refractivity contribution >= 4 is 10.1 Å². The molecule has 0 aromatic heterocycles. The van der Waals surface area contributed by atoms with E-state index in [9.17, 15) is 8.42 Å². The highest BCUT2D eigenvalue weighted by Crippen LogP contribution is 2.09. The lowest BCUT2D eigenvalue weighted by molar-refractivity contribution is -0.449. The monoisotopic (exact) mass is 200 g/mol. The molecule has 0 aliphatic carbocycles. The predicted octanol–water partition coefficient (Wildman–Crippen LogP) is -0.667. The van der Waals surface area contributed by atoms with Crippen molar-refractivity contribution in [1.29, 1.82) is 0 Å². The molecule has 0 unspecified atom stereocenters. The van der Waals surface area contributed by atoms with Crippen molar-refractivity contribution in [1.82, 2.24) is 0 Å². The fourth-order valence-corrected chi connectivity index (χ4v) is 0.522. The van der Waals surface area contributed by atoms with Crippen LogP contribution < -0.4 is 0 Å². The number of hydrogen-bond donors (Lipinski definition) is 2. The standard InChI is InChI=1S/C5H12O6S/c1-3-5(6,7)10-11-12(8,9)4-2/h6-7H,3-4H2,1-2H3. The molecule has 0 aliphatic rings. The van der Waals surface area contributed by atoms with Crippen molar-refractivity contribution in [2.24, 2.45) is 0 Å². The molecule has 0 aromatic carbocycles. The van der Waals surface area contributed by atoms with E-state index in [0.717, 1.165) is 0 Å². The molecule has 0 amide bonds. The molecule has 0 bridgehead atoms. The van der Waals surface area contributed by atoms with Gasteiger partial charge in [0.05, 0.1) is 5.75 Å². The fourth-order valence-electron chi connectivity index (χ4n) is 0.213. The first-order chi connectivity index (χ1) is 5.33. The summed E-state index contributed by atoms with van der Waals surface area (Å²) in [6.45, 7) is 2.73. The third-order valence-electron chi connectivity index (χ3n) is 1.09. The molecule has 6 nitrogen and oxygen atoms in total. The van der Waals surface area contributed by atoms with Gasteiger partial charge in [-0.3, -0.25) is 0 Å². The molecule has 0 atom stereocenters. The van der Waals surface area contributed by atoms with Crippen LogP contribution in [0.15, 0.2) is 0 Å². The first kappa shape index (κ1) is 11.8. The van der Waals surface area contributed by atoms with Gasteiger partial charge in [-0.25, -0.2) is 0 Å². The van der Waals surface area contributed by atoms with Crippen LogP contribution in [0.4, 0.5) is 0 Å². The Labute approximate surface area is 70.8 Å². The van der Waals surface area contributed by atoms with Gasteiger partial charge in [0.15, 0.2) is 0 Å². The number of aliphatic hydroxyl groups is 2. The average molecular weight is 200 g/mol. The van der Waals surface area contributed by atoms with Gasteiger partial charge in [0, 0.05) is 6.42 Å². The summed E-state index contributed by atoms with van der Waals surface area (Å²) < 4.78 is 25.0. The van der Waals surface area contributed by atoms with E-state index in [2.05, 4.69) is 9.22 Å². The van der Waals surface area contributed by atoms with Gasteiger partial charge in [0.2, 0.25) is 0 Å². The predicted molar refractivity (Wildman–Crippen MR) is 39.1 cm³/mol. The van der Waals surface area contributed by atoms with Gasteiger partial charge in [-0.2, -0.15) is 13.3 Å². The Morgan fingerprint density at radius 3 is 2.17 bits per heavy atom. The lowest BCUT2D eigenvalue weighted by Gasteiger charge is -2.16. The second-order valence-corrected chi connectivity index (χ2v) is 3.92. The molecule has 12 heavy (non-hydrogen) atoms. The van der Waals surface area contributed by atoms with Crippen molar-refractivity contribution in [2.75, 3.05) is 5.75 Å². The van der Waals surface area contributed by atoms with Crippen LogP contribution in [0.5, 0.6) is 0 Å². The minimum atomic E-state index is -3.80. The van der Waals surface area contributed by atoms with Crippen LogP contribution in [-0.4, -0.2) is 30.4 Å². The molecule has 0 heterocycles. The largest absolute Gasteiger partial charge is 0.342 e. The third kappa shape index (κ3) is 4.62. The maximum Gasteiger partial charge on any atom is 0.308 e. The quantitative estimate of drug-likeness (QED) is 0.347. The molecule has 0 rings (SSSR count). The van der Waals surface area contributed by atoms with Crippen LogP contribution in [0, 0.1) is 0 Å². The van der Waals surface area contributed by atoms with Gasteiger partial charge in [-0.15, -0.1) is 4.33 Å². The van der Waals surface area contributed by atoms with E-state index in [-0.39, 0.29) is 12.2 Å². The first-order valence-corrected chi connectivity index (χ1v) is 4.95. The van der Waals surface area contributed by atoms with Crippen LogP contribution in [-0.2, 0) is 19.3 Å². The van der Waals surface area contributed by atoms with E-state index in [0.29, 0.717) is 0 Å².